The van der Waals surface area contributed by atoms with Gasteiger partial charge in [-0.1, -0.05) is 18.5 Å². The third kappa shape index (κ3) is 4.45. The Morgan fingerprint density at radius 3 is 2.57 bits per heavy atom. The fourth-order valence-electron chi connectivity index (χ4n) is 2.19. The van der Waals surface area contributed by atoms with Crippen LogP contribution in [0.25, 0.3) is 0 Å². The summed E-state index contributed by atoms with van der Waals surface area (Å²) in [5.74, 6) is 1.44. The molecule has 112 valence electrons. The van der Waals surface area contributed by atoms with Crippen molar-refractivity contribution in [1.82, 2.24) is 10.3 Å². The molecule has 21 heavy (non-hydrogen) atoms. The summed E-state index contributed by atoms with van der Waals surface area (Å²) in [5.41, 5.74) is 3.19. The molecule has 0 radical (unpaired) electrons. The van der Waals surface area contributed by atoms with Gasteiger partial charge in [0.05, 0.1) is 0 Å². The van der Waals surface area contributed by atoms with Gasteiger partial charge < -0.3 is 10.1 Å². The number of nitrogens with one attached hydrogen (secondary N) is 1. The van der Waals surface area contributed by atoms with Gasteiger partial charge >= 0.3 is 0 Å². The van der Waals surface area contributed by atoms with Crippen molar-refractivity contribution in [2.24, 2.45) is 0 Å². The van der Waals surface area contributed by atoms with E-state index in [1.807, 2.05) is 38.1 Å². The topological polar surface area (TPSA) is 34.2 Å². The average Bonchev–Trinajstić information content (AvgIpc) is 2.44. The molecule has 3 nitrogen and oxygen atoms in total. The number of pyridine rings is 1. The highest BCUT2D eigenvalue weighted by Gasteiger charge is 2.08. The molecule has 0 aliphatic rings. The Morgan fingerprint density at radius 1 is 1.19 bits per heavy atom. The lowest BCUT2D eigenvalue weighted by Crippen LogP contribution is -2.13. The second-order valence-corrected chi connectivity index (χ2v) is 5.59. The van der Waals surface area contributed by atoms with Crippen LogP contribution < -0.4 is 10.1 Å². The predicted octanol–water partition coefficient (Wildman–Crippen LogP) is 4.64. The van der Waals surface area contributed by atoms with Crippen LogP contribution in [0.15, 0.2) is 30.5 Å². The fraction of sp³-hybridized carbons (Fsp3) is 0.353. The minimum atomic E-state index is 0.610. The zero-order valence-electron chi connectivity index (χ0n) is 12.7. The summed E-state index contributed by atoms with van der Waals surface area (Å²) in [5, 5.41) is 4.10. The molecule has 0 unspecified atom stereocenters. The van der Waals surface area contributed by atoms with Crippen LogP contribution in [0.5, 0.6) is 11.6 Å². The first-order valence-electron chi connectivity index (χ1n) is 7.20. The largest absolute Gasteiger partial charge is 0.438 e. The Morgan fingerprint density at radius 2 is 1.90 bits per heavy atom. The second-order valence-electron chi connectivity index (χ2n) is 5.15. The lowest BCUT2D eigenvalue weighted by molar-refractivity contribution is 0.455. The zero-order chi connectivity index (χ0) is 15.2. The Bertz CT molecular complexity index is 590. The summed E-state index contributed by atoms with van der Waals surface area (Å²) in [6.45, 7) is 7.96. The van der Waals surface area contributed by atoms with Crippen molar-refractivity contribution in [1.29, 1.82) is 0 Å². The SMILES string of the molecule is CCCNCc1ccnc(Oc2c(C)cc(Cl)cc2C)c1. The predicted molar refractivity (Wildman–Crippen MR) is 87.2 cm³/mol. The van der Waals surface area contributed by atoms with E-state index in [1.165, 1.54) is 0 Å². The van der Waals surface area contributed by atoms with E-state index in [0.717, 1.165) is 47.0 Å². The van der Waals surface area contributed by atoms with Gasteiger partial charge in [-0.3, -0.25) is 0 Å². The van der Waals surface area contributed by atoms with E-state index in [4.69, 9.17) is 16.3 Å². The lowest BCUT2D eigenvalue weighted by Gasteiger charge is -2.12. The number of hydrogen-bond donors (Lipinski definition) is 1. The Hall–Kier alpha value is -1.58. The molecule has 0 aliphatic carbocycles. The van der Waals surface area contributed by atoms with Crippen LogP contribution in [-0.4, -0.2) is 11.5 Å². The smallest absolute Gasteiger partial charge is 0.219 e. The summed E-state index contributed by atoms with van der Waals surface area (Å²) >= 11 is 6.04. The molecule has 0 amide bonds. The van der Waals surface area contributed by atoms with Crippen molar-refractivity contribution in [2.75, 3.05) is 6.54 Å². The highest BCUT2D eigenvalue weighted by atomic mass is 35.5. The quantitative estimate of drug-likeness (QED) is 0.789. The van der Waals surface area contributed by atoms with Gasteiger partial charge in [-0.2, -0.15) is 0 Å². The maximum atomic E-state index is 6.04. The number of ether oxygens (including phenoxy) is 1. The van der Waals surface area contributed by atoms with Crippen molar-refractivity contribution >= 4 is 11.6 Å². The Balaban J connectivity index is 2.15. The molecule has 1 aromatic carbocycles. The maximum Gasteiger partial charge on any atom is 0.219 e. The number of benzene rings is 1. The normalized spacial score (nSPS) is 10.7. The Labute approximate surface area is 131 Å². The first kappa shape index (κ1) is 15.8. The summed E-state index contributed by atoms with van der Waals surface area (Å²) < 4.78 is 5.94. The molecule has 1 heterocycles. The van der Waals surface area contributed by atoms with Gasteiger partial charge in [-0.25, -0.2) is 4.98 Å². The number of aryl methyl sites for hydroxylation is 2. The summed E-state index contributed by atoms with van der Waals surface area (Å²) in [6, 6.07) is 7.76. The molecule has 0 aliphatic heterocycles. The van der Waals surface area contributed by atoms with Gasteiger partial charge in [0.25, 0.3) is 0 Å². The molecule has 0 atom stereocenters. The maximum absolute atomic E-state index is 6.04. The van der Waals surface area contributed by atoms with E-state index in [9.17, 15) is 0 Å². The number of hydrogen-bond acceptors (Lipinski definition) is 3. The average molecular weight is 305 g/mol. The first-order valence-corrected chi connectivity index (χ1v) is 7.58. The third-order valence-electron chi connectivity index (χ3n) is 3.19. The first-order chi connectivity index (χ1) is 10.1. The van der Waals surface area contributed by atoms with E-state index in [0.29, 0.717) is 5.88 Å². The Kier molecular flexibility index (Phi) is 5.59. The highest BCUT2D eigenvalue weighted by Crippen LogP contribution is 2.30. The number of rotatable bonds is 6. The van der Waals surface area contributed by atoms with E-state index in [2.05, 4.69) is 17.2 Å². The molecule has 0 saturated carbocycles. The van der Waals surface area contributed by atoms with Crippen molar-refractivity contribution in [2.45, 2.75) is 33.7 Å². The minimum absolute atomic E-state index is 0.610. The summed E-state index contributed by atoms with van der Waals surface area (Å²) in [7, 11) is 0. The van der Waals surface area contributed by atoms with E-state index in [1.54, 1.807) is 6.20 Å². The van der Waals surface area contributed by atoms with Crippen molar-refractivity contribution in [3.8, 4) is 11.6 Å². The van der Waals surface area contributed by atoms with Crippen LogP contribution in [0, 0.1) is 13.8 Å². The van der Waals surface area contributed by atoms with Crippen LogP contribution in [-0.2, 0) is 6.54 Å². The van der Waals surface area contributed by atoms with Crippen LogP contribution in [0.4, 0.5) is 0 Å². The molecule has 0 fully saturated rings. The molecule has 0 spiro atoms. The molecular formula is C17H21ClN2O. The van der Waals surface area contributed by atoms with Crippen molar-refractivity contribution < 1.29 is 4.74 Å². The van der Waals surface area contributed by atoms with Gasteiger partial charge in [-0.15, -0.1) is 0 Å². The molecule has 4 heteroatoms. The van der Waals surface area contributed by atoms with Crippen LogP contribution >= 0.6 is 11.6 Å². The number of nitrogens with zero attached hydrogens (tertiary/aromatic N) is 1. The number of aromatic nitrogens is 1. The molecule has 1 aromatic heterocycles. The molecule has 2 rings (SSSR count). The van der Waals surface area contributed by atoms with Crippen molar-refractivity contribution in [3.05, 3.63) is 52.2 Å². The minimum Gasteiger partial charge on any atom is -0.438 e. The zero-order valence-corrected chi connectivity index (χ0v) is 13.5. The van der Waals surface area contributed by atoms with Crippen molar-refractivity contribution in [3.63, 3.8) is 0 Å². The van der Waals surface area contributed by atoms with Gasteiger partial charge in [-0.05, 0) is 61.7 Å². The fourth-order valence-corrected chi connectivity index (χ4v) is 2.52. The molecule has 1 N–H and O–H groups in total. The summed E-state index contributed by atoms with van der Waals surface area (Å²) in [4.78, 5) is 4.28. The molecule has 0 saturated heterocycles. The van der Waals surface area contributed by atoms with Crippen LogP contribution in [0.1, 0.15) is 30.0 Å². The van der Waals surface area contributed by atoms with Gasteiger partial charge in [0, 0.05) is 23.8 Å². The molecular weight excluding hydrogens is 284 g/mol. The lowest BCUT2D eigenvalue weighted by atomic mass is 10.1. The summed E-state index contributed by atoms with van der Waals surface area (Å²) in [6.07, 6.45) is 2.90. The standard InChI is InChI=1S/C17H21ClN2O/c1-4-6-19-11-14-5-7-20-16(10-14)21-17-12(2)8-15(18)9-13(17)3/h5,7-10,19H,4,6,11H2,1-3H3. The van der Waals surface area contributed by atoms with E-state index in [-0.39, 0.29) is 0 Å². The molecule has 0 bridgehead atoms. The highest BCUT2D eigenvalue weighted by molar-refractivity contribution is 6.30. The number of halogens is 1. The third-order valence-corrected chi connectivity index (χ3v) is 3.41. The monoisotopic (exact) mass is 304 g/mol. The molecule has 2 aromatic rings. The van der Waals surface area contributed by atoms with Gasteiger partial charge in [0.1, 0.15) is 5.75 Å². The van der Waals surface area contributed by atoms with Crippen LogP contribution in [0.2, 0.25) is 5.02 Å². The van der Waals surface area contributed by atoms with Crippen LogP contribution in [0.3, 0.4) is 0 Å². The van der Waals surface area contributed by atoms with Gasteiger partial charge in [0.15, 0.2) is 0 Å². The second kappa shape index (κ2) is 7.43. The van der Waals surface area contributed by atoms with Gasteiger partial charge in [0.2, 0.25) is 5.88 Å². The van der Waals surface area contributed by atoms with E-state index < -0.39 is 0 Å². The van der Waals surface area contributed by atoms with E-state index >= 15 is 0 Å².